The van der Waals surface area contributed by atoms with Gasteiger partial charge in [0.25, 0.3) is 0 Å². The highest BCUT2D eigenvalue weighted by atomic mass is 35.5. The lowest BCUT2D eigenvalue weighted by molar-refractivity contribution is 0.819. The molecule has 0 amide bonds. The highest BCUT2D eigenvalue weighted by Crippen LogP contribution is 2.26. The van der Waals surface area contributed by atoms with Crippen molar-refractivity contribution in [2.24, 2.45) is 0 Å². The molecule has 0 fully saturated rings. The maximum absolute atomic E-state index is 12.6. The molecule has 0 unspecified atom stereocenters. The standard InChI is InChI=1S/C17H17ClN4O/c1-10(2)13-9-8-11-15(19-3)21-17(23)22(16(11)20-13)14-7-5-4-6-12(14)18/h4-10H,1-3H3,(H,19,21,23). The number of aromatic nitrogens is 3. The van der Waals surface area contributed by atoms with E-state index in [9.17, 15) is 4.79 Å². The molecule has 3 rings (SSSR count). The normalized spacial score (nSPS) is 11.2. The second-order valence-electron chi connectivity index (χ2n) is 5.54. The Morgan fingerprint density at radius 1 is 1.13 bits per heavy atom. The lowest BCUT2D eigenvalue weighted by Crippen LogP contribution is -2.24. The van der Waals surface area contributed by atoms with Crippen LogP contribution in [0.5, 0.6) is 0 Å². The lowest BCUT2D eigenvalue weighted by atomic mass is 10.1. The molecule has 5 nitrogen and oxygen atoms in total. The molecule has 0 aliphatic carbocycles. The van der Waals surface area contributed by atoms with Gasteiger partial charge in [0, 0.05) is 12.7 Å². The average Bonchev–Trinajstić information content (AvgIpc) is 2.54. The molecule has 2 heterocycles. The van der Waals surface area contributed by atoms with Crippen LogP contribution >= 0.6 is 11.6 Å². The van der Waals surface area contributed by atoms with Crippen molar-refractivity contribution >= 4 is 28.5 Å². The van der Waals surface area contributed by atoms with E-state index in [0.717, 1.165) is 11.1 Å². The zero-order chi connectivity index (χ0) is 16.6. The Balaban J connectivity index is 2.45. The molecule has 0 aliphatic rings. The maximum Gasteiger partial charge on any atom is 0.355 e. The fourth-order valence-corrected chi connectivity index (χ4v) is 2.70. The van der Waals surface area contributed by atoms with Crippen LogP contribution in [0.1, 0.15) is 25.5 Å². The van der Waals surface area contributed by atoms with Crippen LogP contribution < -0.4 is 11.0 Å². The second kappa shape index (κ2) is 6.01. The highest BCUT2D eigenvalue weighted by Gasteiger charge is 2.15. The summed E-state index contributed by atoms with van der Waals surface area (Å²) < 4.78 is 1.46. The van der Waals surface area contributed by atoms with E-state index in [1.807, 2.05) is 24.3 Å². The number of hydrogen-bond donors (Lipinski definition) is 1. The van der Waals surface area contributed by atoms with E-state index >= 15 is 0 Å². The Morgan fingerprint density at radius 2 is 1.87 bits per heavy atom. The Kier molecular flexibility index (Phi) is 4.05. The molecule has 0 saturated heterocycles. The molecule has 118 valence electrons. The summed E-state index contributed by atoms with van der Waals surface area (Å²) in [7, 11) is 1.73. The Labute approximate surface area is 139 Å². The molecule has 2 aromatic heterocycles. The topological polar surface area (TPSA) is 59.8 Å². The second-order valence-corrected chi connectivity index (χ2v) is 5.95. The van der Waals surface area contributed by atoms with Crippen molar-refractivity contribution in [3.8, 4) is 5.69 Å². The Bertz CT molecular complexity index is 934. The van der Waals surface area contributed by atoms with Crippen LogP contribution in [-0.2, 0) is 0 Å². The third-order valence-corrected chi connectivity index (χ3v) is 4.00. The van der Waals surface area contributed by atoms with E-state index in [1.165, 1.54) is 4.57 Å². The van der Waals surface area contributed by atoms with Crippen molar-refractivity contribution in [3.05, 3.63) is 57.6 Å². The smallest absolute Gasteiger partial charge is 0.355 e. The van der Waals surface area contributed by atoms with Gasteiger partial charge in [-0.15, -0.1) is 0 Å². The quantitative estimate of drug-likeness (QED) is 0.798. The van der Waals surface area contributed by atoms with Gasteiger partial charge in [-0.2, -0.15) is 4.98 Å². The first-order valence-corrected chi connectivity index (χ1v) is 7.77. The van der Waals surface area contributed by atoms with Gasteiger partial charge in [-0.05, 0) is 30.2 Å². The number of para-hydroxylation sites is 1. The molecule has 23 heavy (non-hydrogen) atoms. The van der Waals surface area contributed by atoms with E-state index < -0.39 is 5.69 Å². The van der Waals surface area contributed by atoms with Gasteiger partial charge in [0.1, 0.15) is 5.82 Å². The minimum absolute atomic E-state index is 0.250. The number of nitrogens with zero attached hydrogens (tertiary/aromatic N) is 3. The minimum atomic E-state index is -0.414. The molecule has 0 radical (unpaired) electrons. The molecule has 1 N–H and O–H groups in total. The van der Waals surface area contributed by atoms with Crippen molar-refractivity contribution < 1.29 is 0 Å². The van der Waals surface area contributed by atoms with Crippen molar-refractivity contribution in [2.75, 3.05) is 12.4 Å². The maximum atomic E-state index is 12.6. The van der Waals surface area contributed by atoms with Crippen molar-refractivity contribution in [1.29, 1.82) is 0 Å². The van der Waals surface area contributed by atoms with Gasteiger partial charge in [-0.1, -0.05) is 37.6 Å². The predicted octanol–water partition coefficient (Wildman–Crippen LogP) is 3.60. The molecular formula is C17H17ClN4O. The van der Waals surface area contributed by atoms with E-state index in [-0.39, 0.29) is 5.92 Å². The third kappa shape index (κ3) is 2.68. The monoisotopic (exact) mass is 328 g/mol. The number of benzene rings is 1. The first-order valence-electron chi connectivity index (χ1n) is 7.39. The van der Waals surface area contributed by atoms with Gasteiger partial charge >= 0.3 is 5.69 Å². The largest absolute Gasteiger partial charge is 0.372 e. The molecule has 0 bridgehead atoms. The predicted molar refractivity (Wildman–Crippen MR) is 93.8 cm³/mol. The van der Waals surface area contributed by atoms with Crippen LogP contribution in [0.25, 0.3) is 16.7 Å². The molecule has 0 atom stereocenters. The van der Waals surface area contributed by atoms with Gasteiger partial charge in [0.05, 0.1) is 16.1 Å². The van der Waals surface area contributed by atoms with Crippen LogP contribution in [0.3, 0.4) is 0 Å². The lowest BCUT2D eigenvalue weighted by Gasteiger charge is -2.14. The number of pyridine rings is 1. The minimum Gasteiger partial charge on any atom is -0.372 e. The summed E-state index contributed by atoms with van der Waals surface area (Å²) in [6.07, 6.45) is 0. The highest BCUT2D eigenvalue weighted by molar-refractivity contribution is 6.32. The zero-order valence-corrected chi connectivity index (χ0v) is 13.9. The fraction of sp³-hybridized carbons (Fsp3) is 0.235. The molecule has 0 spiro atoms. The zero-order valence-electron chi connectivity index (χ0n) is 13.2. The van der Waals surface area contributed by atoms with Crippen molar-refractivity contribution in [2.45, 2.75) is 19.8 Å². The molecule has 6 heteroatoms. The number of fused-ring (bicyclic) bond motifs is 1. The van der Waals surface area contributed by atoms with E-state index in [2.05, 4.69) is 29.1 Å². The van der Waals surface area contributed by atoms with Crippen molar-refractivity contribution in [1.82, 2.24) is 14.5 Å². The van der Waals surface area contributed by atoms with E-state index in [0.29, 0.717) is 22.2 Å². The molecule has 1 aromatic carbocycles. The number of anilines is 1. The van der Waals surface area contributed by atoms with Gasteiger partial charge in [-0.25, -0.2) is 14.3 Å². The van der Waals surface area contributed by atoms with Crippen LogP contribution in [0.4, 0.5) is 5.82 Å². The van der Waals surface area contributed by atoms with Crippen LogP contribution in [0.2, 0.25) is 5.02 Å². The number of hydrogen-bond acceptors (Lipinski definition) is 4. The first kappa shape index (κ1) is 15.5. The van der Waals surface area contributed by atoms with E-state index in [4.69, 9.17) is 11.6 Å². The number of nitrogens with one attached hydrogen (secondary N) is 1. The van der Waals surface area contributed by atoms with Gasteiger partial charge in [0.2, 0.25) is 0 Å². The SMILES string of the molecule is CNc1nc(=O)n(-c2ccccc2Cl)c2nc(C(C)C)ccc12. The third-order valence-electron chi connectivity index (χ3n) is 3.68. The summed E-state index contributed by atoms with van der Waals surface area (Å²) in [5.74, 6) is 0.761. The van der Waals surface area contributed by atoms with Gasteiger partial charge in [0.15, 0.2) is 5.65 Å². The fourth-order valence-electron chi connectivity index (χ4n) is 2.48. The first-order chi connectivity index (χ1) is 11.0. The van der Waals surface area contributed by atoms with Gasteiger partial charge < -0.3 is 5.32 Å². The summed E-state index contributed by atoms with van der Waals surface area (Å²) in [5.41, 5.74) is 1.62. The summed E-state index contributed by atoms with van der Waals surface area (Å²) in [6, 6.07) is 11.1. The van der Waals surface area contributed by atoms with E-state index in [1.54, 1.807) is 19.2 Å². The van der Waals surface area contributed by atoms with Gasteiger partial charge in [-0.3, -0.25) is 0 Å². The van der Waals surface area contributed by atoms with Crippen LogP contribution in [-0.4, -0.2) is 21.6 Å². The van der Waals surface area contributed by atoms with Crippen molar-refractivity contribution in [3.63, 3.8) is 0 Å². The summed E-state index contributed by atoms with van der Waals surface area (Å²) in [5, 5.41) is 4.21. The van der Waals surface area contributed by atoms with Crippen LogP contribution in [0.15, 0.2) is 41.2 Å². The Hall–Kier alpha value is -2.40. The Morgan fingerprint density at radius 3 is 2.52 bits per heavy atom. The summed E-state index contributed by atoms with van der Waals surface area (Å²) >= 11 is 6.28. The van der Waals surface area contributed by atoms with Crippen LogP contribution in [0, 0.1) is 0 Å². The molecular weight excluding hydrogens is 312 g/mol. The average molecular weight is 329 g/mol. The number of rotatable bonds is 3. The summed E-state index contributed by atoms with van der Waals surface area (Å²) in [6.45, 7) is 4.12. The summed E-state index contributed by atoms with van der Waals surface area (Å²) in [4.78, 5) is 21.4. The molecule has 0 saturated carbocycles. The molecule has 3 aromatic rings. The molecule has 0 aliphatic heterocycles. The number of halogens is 1.